The average Bonchev–Trinajstić information content (AvgIpc) is 3.17. The highest BCUT2D eigenvalue weighted by Crippen LogP contribution is 2.27. The monoisotopic (exact) mass is 420 g/mol. The van der Waals surface area contributed by atoms with E-state index in [1.165, 1.54) is 56.8 Å². The second kappa shape index (κ2) is 8.27. The van der Waals surface area contributed by atoms with Crippen LogP contribution in [-0.4, -0.2) is 43.4 Å². The summed E-state index contributed by atoms with van der Waals surface area (Å²) in [6, 6.07) is 9.84. The zero-order chi connectivity index (χ0) is 21.0. The summed E-state index contributed by atoms with van der Waals surface area (Å²) in [6.07, 6.45) is 0.512. The van der Waals surface area contributed by atoms with Crippen LogP contribution in [0.15, 0.2) is 58.6 Å². The van der Waals surface area contributed by atoms with E-state index in [0.29, 0.717) is 5.75 Å². The smallest absolute Gasteiger partial charge is 0.407 e. The van der Waals surface area contributed by atoms with E-state index in [9.17, 15) is 17.6 Å². The summed E-state index contributed by atoms with van der Waals surface area (Å²) in [5.41, 5.74) is -0.0570. The molecule has 29 heavy (non-hydrogen) atoms. The van der Waals surface area contributed by atoms with Gasteiger partial charge in [0.25, 0.3) is 0 Å². The molecule has 0 saturated carbocycles. The number of aromatic nitrogens is 3. The first-order chi connectivity index (χ1) is 13.9. The Morgan fingerprint density at radius 3 is 2.72 bits per heavy atom. The number of rotatable bonds is 6. The summed E-state index contributed by atoms with van der Waals surface area (Å²) < 4.78 is 51.6. The molecule has 0 fully saturated rings. The number of hydrogen-bond donors (Lipinski definition) is 1. The van der Waals surface area contributed by atoms with Gasteiger partial charge in [0.1, 0.15) is 23.7 Å². The number of benzene rings is 1. The van der Waals surface area contributed by atoms with Crippen molar-refractivity contribution in [3.05, 3.63) is 60.3 Å². The number of halogens is 1. The van der Waals surface area contributed by atoms with Crippen LogP contribution in [0, 0.1) is 5.95 Å². The van der Waals surface area contributed by atoms with Gasteiger partial charge in [0.2, 0.25) is 15.8 Å². The number of carbonyl (C=O) groups excluding carboxylic acids is 1. The van der Waals surface area contributed by atoms with Gasteiger partial charge >= 0.3 is 6.09 Å². The van der Waals surface area contributed by atoms with Crippen LogP contribution in [0.1, 0.15) is 5.69 Å². The van der Waals surface area contributed by atoms with Crippen LogP contribution in [0.4, 0.5) is 9.18 Å². The van der Waals surface area contributed by atoms with Gasteiger partial charge in [0.15, 0.2) is 5.03 Å². The highest BCUT2D eigenvalue weighted by molar-refractivity contribution is 7.91. The standard InChI is InChI=1S/C18H17FN4O5S/c1-20-18(24)28-11-12-9-16(23(22-12)15-7-4-8-21-17(15)19)29(25,26)14-6-3-5-13(10-14)27-2/h3-10H,11H2,1-2H3,(H,20,24). The molecule has 0 aliphatic carbocycles. The van der Waals surface area contributed by atoms with Crippen molar-refractivity contribution in [1.82, 2.24) is 20.1 Å². The molecule has 0 radical (unpaired) electrons. The summed E-state index contributed by atoms with van der Waals surface area (Å²) in [6.45, 7) is -0.310. The molecule has 0 aliphatic rings. The number of methoxy groups -OCH3 is 1. The first-order valence-electron chi connectivity index (χ1n) is 8.30. The van der Waals surface area contributed by atoms with Crippen LogP contribution in [-0.2, 0) is 21.2 Å². The Balaban J connectivity index is 2.14. The summed E-state index contributed by atoms with van der Waals surface area (Å²) in [5, 5.41) is 6.06. The Morgan fingerprint density at radius 1 is 1.24 bits per heavy atom. The molecule has 0 spiro atoms. The third kappa shape index (κ3) is 4.19. The Hall–Kier alpha value is -3.47. The summed E-state index contributed by atoms with van der Waals surface area (Å²) >= 11 is 0. The largest absolute Gasteiger partial charge is 0.497 e. The predicted octanol–water partition coefficient (Wildman–Crippen LogP) is 2.10. The van der Waals surface area contributed by atoms with E-state index >= 15 is 0 Å². The van der Waals surface area contributed by atoms with Crippen molar-refractivity contribution in [2.45, 2.75) is 16.5 Å². The van der Waals surface area contributed by atoms with E-state index in [1.54, 1.807) is 6.07 Å². The molecule has 3 rings (SSSR count). The average molecular weight is 420 g/mol. The number of pyridine rings is 1. The summed E-state index contributed by atoms with van der Waals surface area (Å²) in [7, 11) is -1.33. The second-order valence-electron chi connectivity index (χ2n) is 5.71. The lowest BCUT2D eigenvalue weighted by Crippen LogP contribution is -2.19. The van der Waals surface area contributed by atoms with Crippen molar-refractivity contribution in [3.8, 4) is 11.4 Å². The van der Waals surface area contributed by atoms with Gasteiger partial charge in [0.05, 0.1) is 12.0 Å². The van der Waals surface area contributed by atoms with Crippen LogP contribution in [0.25, 0.3) is 5.69 Å². The van der Waals surface area contributed by atoms with E-state index in [2.05, 4.69) is 15.4 Å². The Labute approximate surface area is 166 Å². The Kier molecular flexibility index (Phi) is 5.78. The Morgan fingerprint density at radius 2 is 2.03 bits per heavy atom. The number of alkyl carbamates (subject to hydrolysis) is 1. The van der Waals surface area contributed by atoms with Crippen molar-refractivity contribution in [1.29, 1.82) is 0 Å². The molecule has 0 bridgehead atoms. The topological polar surface area (TPSA) is 112 Å². The van der Waals surface area contributed by atoms with Crippen LogP contribution in [0.3, 0.4) is 0 Å². The van der Waals surface area contributed by atoms with Gasteiger partial charge in [-0.1, -0.05) is 6.07 Å². The molecular weight excluding hydrogens is 403 g/mol. The molecule has 2 heterocycles. The number of ether oxygens (including phenoxy) is 2. The van der Waals surface area contributed by atoms with Crippen LogP contribution in [0.2, 0.25) is 0 Å². The van der Waals surface area contributed by atoms with E-state index in [1.807, 2.05) is 0 Å². The van der Waals surface area contributed by atoms with Gasteiger partial charge in [0, 0.05) is 19.3 Å². The zero-order valence-corrected chi connectivity index (χ0v) is 16.3. The number of amides is 1. The quantitative estimate of drug-likeness (QED) is 0.608. The highest BCUT2D eigenvalue weighted by Gasteiger charge is 2.27. The van der Waals surface area contributed by atoms with Gasteiger partial charge < -0.3 is 14.8 Å². The predicted molar refractivity (Wildman–Crippen MR) is 99.0 cm³/mol. The fourth-order valence-corrected chi connectivity index (χ4v) is 3.91. The van der Waals surface area contributed by atoms with Crippen LogP contribution in [0.5, 0.6) is 5.75 Å². The van der Waals surface area contributed by atoms with Gasteiger partial charge in [-0.05, 0) is 30.3 Å². The van der Waals surface area contributed by atoms with E-state index in [0.717, 1.165) is 4.68 Å². The SMILES string of the molecule is CNC(=O)OCc1cc(S(=O)(=O)c2cccc(OC)c2)n(-c2cccnc2F)n1. The van der Waals surface area contributed by atoms with Gasteiger partial charge in [-0.25, -0.2) is 22.9 Å². The molecule has 1 amide bonds. The number of sulfone groups is 1. The van der Waals surface area contributed by atoms with Gasteiger partial charge in [-0.15, -0.1) is 0 Å². The molecule has 0 atom stereocenters. The Bertz CT molecular complexity index is 1150. The van der Waals surface area contributed by atoms with Crippen molar-refractivity contribution in [2.24, 2.45) is 0 Å². The minimum Gasteiger partial charge on any atom is -0.497 e. The third-order valence-corrected chi connectivity index (χ3v) is 5.59. The maximum Gasteiger partial charge on any atom is 0.407 e. The molecule has 152 valence electrons. The van der Waals surface area contributed by atoms with Crippen LogP contribution < -0.4 is 10.1 Å². The van der Waals surface area contributed by atoms with Gasteiger partial charge in [-0.2, -0.15) is 9.49 Å². The highest BCUT2D eigenvalue weighted by atomic mass is 32.2. The third-order valence-electron chi connectivity index (χ3n) is 3.88. The molecule has 0 saturated heterocycles. The van der Waals surface area contributed by atoms with Crippen molar-refractivity contribution in [3.63, 3.8) is 0 Å². The fraction of sp³-hybridized carbons (Fsp3) is 0.167. The van der Waals surface area contributed by atoms with E-state index in [4.69, 9.17) is 9.47 Å². The summed E-state index contributed by atoms with van der Waals surface area (Å²) in [5.74, 6) is -0.565. The number of hydrogen-bond acceptors (Lipinski definition) is 7. The molecule has 9 nitrogen and oxygen atoms in total. The minimum atomic E-state index is -4.12. The lowest BCUT2D eigenvalue weighted by molar-refractivity contribution is 0.140. The maximum absolute atomic E-state index is 14.3. The molecule has 1 N–H and O–H groups in total. The molecule has 2 aromatic heterocycles. The molecular formula is C18H17FN4O5S. The van der Waals surface area contributed by atoms with Crippen molar-refractivity contribution in [2.75, 3.05) is 14.2 Å². The van der Waals surface area contributed by atoms with E-state index in [-0.39, 0.29) is 27.9 Å². The molecule has 3 aromatic rings. The van der Waals surface area contributed by atoms with Crippen molar-refractivity contribution < 1.29 is 27.1 Å². The zero-order valence-electron chi connectivity index (χ0n) is 15.5. The van der Waals surface area contributed by atoms with Crippen molar-refractivity contribution >= 4 is 15.9 Å². The number of nitrogens with zero attached hydrogens (tertiary/aromatic N) is 3. The van der Waals surface area contributed by atoms with E-state index < -0.39 is 21.9 Å². The lowest BCUT2D eigenvalue weighted by atomic mass is 10.3. The maximum atomic E-state index is 14.3. The summed E-state index contributed by atoms with van der Waals surface area (Å²) in [4.78, 5) is 14.8. The number of carbonyl (C=O) groups is 1. The second-order valence-corrected chi connectivity index (χ2v) is 7.60. The normalized spacial score (nSPS) is 11.1. The number of nitrogens with one attached hydrogen (secondary N) is 1. The van der Waals surface area contributed by atoms with Gasteiger partial charge in [-0.3, -0.25) is 0 Å². The minimum absolute atomic E-state index is 0.0685. The molecule has 0 aliphatic heterocycles. The fourth-order valence-electron chi connectivity index (χ4n) is 2.48. The lowest BCUT2D eigenvalue weighted by Gasteiger charge is -2.09. The van der Waals surface area contributed by atoms with Crippen LogP contribution >= 0.6 is 0 Å². The molecule has 11 heteroatoms. The molecule has 1 aromatic carbocycles. The first-order valence-corrected chi connectivity index (χ1v) is 9.78. The molecule has 0 unspecified atom stereocenters. The first kappa shape index (κ1) is 20.3.